The van der Waals surface area contributed by atoms with Crippen LogP contribution in [0, 0.1) is 0 Å². The van der Waals surface area contributed by atoms with Gasteiger partial charge in [0.2, 0.25) is 0 Å². The first-order chi connectivity index (χ1) is 6.31. The quantitative estimate of drug-likeness (QED) is 0.687. The van der Waals surface area contributed by atoms with Gasteiger partial charge in [0.25, 0.3) is 0 Å². The van der Waals surface area contributed by atoms with E-state index in [0.717, 1.165) is 16.5 Å². The van der Waals surface area contributed by atoms with Gasteiger partial charge < -0.3 is 10.8 Å². The van der Waals surface area contributed by atoms with Crippen molar-refractivity contribution in [1.29, 1.82) is 0 Å². The van der Waals surface area contributed by atoms with Gasteiger partial charge in [-0.2, -0.15) is 0 Å². The van der Waals surface area contributed by atoms with Gasteiger partial charge in [0.05, 0.1) is 5.52 Å². The number of aromatic hydroxyl groups is 1. The number of pyridine rings is 1. The fourth-order valence-electron chi connectivity index (χ4n) is 1.34. The zero-order chi connectivity index (χ0) is 9.26. The van der Waals surface area contributed by atoms with E-state index in [1.54, 1.807) is 18.3 Å². The van der Waals surface area contributed by atoms with E-state index in [-0.39, 0.29) is 5.75 Å². The summed E-state index contributed by atoms with van der Waals surface area (Å²) in [7, 11) is 0. The molecule has 1 aromatic heterocycles. The van der Waals surface area contributed by atoms with Gasteiger partial charge in [-0.25, -0.2) is 0 Å². The molecule has 3 N–H and O–H groups in total. The maximum atomic E-state index is 9.59. The Morgan fingerprint density at radius 3 is 3.00 bits per heavy atom. The Balaban J connectivity index is 2.77. The lowest BCUT2D eigenvalue weighted by atomic mass is 10.1. The molecular formula is C10H10N2O. The SMILES string of the molecule is NCc1cc(O)c2cccnc2c1. The van der Waals surface area contributed by atoms with Crippen LogP contribution in [0.2, 0.25) is 0 Å². The van der Waals surface area contributed by atoms with Crippen LogP contribution in [0.5, 0.6) is 5.75 Å². The molecule has 0 aliphatic rings. The smallest absolute Gasteiger partial charge is 0.125 e. The van der Waals surface area contributed by atoms with Crippen molar-refractivity contribution in [2.45, 2.75) is 6.54 Å². The highest BCUT2D eigenvalue weighted by Crippen LogP contribution is 2.24. The number of phenols is 1. The van der Waals surface area contributed by atoms with Crippen molar-refractivity contribution in [2.24, 2.45) is 5.73 Å². The highest BCUT2D eigenvalue weighted by atomic mass is 16.3. The Hall–Kier alpha value is -1.61. The van der Waals surface area contributed by atoms with Crippen molar-refractivity contribution >= 4 is 10.9 Å². The van der Waals surface area contributed by atoms with Crippen LogP contribution in [0.25, 0.3) is 10.9 Å². The fourth-order valence-corrected chi connectivity index (χ4v) is 1.34. The molecule has 0 atom stereocenters. The predicted octanol–water partition coefficient (Wildman–Crippen LogP) is 1.40. The van der Waals surface area contributed by atoms with Gasteiger partial charge in [-0.05, 0) is 29.8 Å². The first-order valence-corrected chi connectivity index (χ1v) is 4.08. The Kier molecular flexibility index (Phi) is 1.87. The molecule has 2 rings (SSSR count). The van der Waals surface area contributed by atoms with Crippen LogP contribution in [0.1, 0.15) is 5.56 Å². The third kappa shape index (κ3) is 1.34. The molecule has 1 heterocycles. The molecule has 13 heavy (non-hydrogen) atoms. The van der Waals surface area contributed by atoms with Crippen molar-refractivity contribution in [3.8, 4) is 5.75 Å². The van der Waals surface area contributed by atoms with Gasteiger partial charge in [-0.15, -0.1) is 0 Å². The maximum Gasteiger partial charge on any atom is 0.125 e. The lowest BCUT2D eigenvalue weighted by molar-refractivity contribution is 0.481. The van der Waals surface area contributed by atoms with Crippen molar-refractivity contribution < 1.29 is 5.11 Å². The van der Waals surface area contributed by atoms with Crippen LogP contribution < -0.4 is 5.73 Å². The minimum atomic E-state index is 0.242. The molecule has 0 fully saturated rings. The van der Waals surface area contributed by atoms with Crippen LogP contribution in [-0.2, 0) is 6.54 Å². The van der Waals surface area contributed by atoms with Gasteiger partial charge in [0, 0.05) is 18.1 Å². The predicted molar refractivity (Wildman–Crippen MR) is 51.3 cm³/mol. The van der Waals surface area contributed by atoms with E-state index in [4.69, 9.17) is 5.73 Å². The monoisotopic (exact) mass is 174 g/mol. The van der Waals surface area contributed by atoms with Crippen molar-refractivity contribution in [1.82, 2.24) is 4.98 Å². The standard InChI is InChI=1S/C10H10N2O/c11-6-7-4-9-8(10(13)5-7)2-1-3-12-9/h1-5,13H,6,11H2. The molecule has 66 valence electrons. The molecule has 0 aliphatic carbocycles. The average Bonchev–Trinajstić information content (AvgIpc) is 2.18. The summed E-state index contributed by atoms with van der Waals surface area (Å²) in [4.78, 5) is 4.14. The summed E-state index contributed by atoms with van der Waals surface area (Å²) in [5.74, 6) is 0.242. The zero-order valence-corrected chi connectivity index (χ0v) is 7.07. The number of phenolic OH excluding ortho intramolecular Hbond substituents is 1. The van der Waals surface area contributed by atoms with E-state index in [0.29, 0.717) is 6.54 Å². The summed E-state index contributed by atoms with van der Waals surface area (Å²) >= 11 is 0. The Bertz CT molecular complexity index is 440. The Morgan fingerprint density at radius 2 is 2.23 bits per heavy atom. The number of hydrogen-bond donors (Lipinski definition) is 2. The van der Waals surface area contributed by atoms with Crippen molar-refractivity contribution in [3.05, 3.63) is 36.0 Å². The first-order valence-electron chi connectivity index (χ1n) is 4.08. The van der Waals surface area contributed by atoms with E-state index in [2.05, 4.69) is 4.98 Å². The third-order valence-corrected chi connectivity index (χ3v) is 1.99. The van der Waals surface area contributed by atoms with E-state index >= 15 is 0 Å². The lowest BCUT2D eigenvalue weighted by Gasteiger charge is -2.02. The largest absolute Gasteiger partial charge is 0.507 e. The molecule has 3 nitrogen and oxygen atoms in total. The number of nitrogens with zero attached hydrogens (tertiary/aromatic N) is 1. The molecule has 2 aromatic rings. The highest BCUT2D eigenvalue weighted by Gasteiger charge is 2.01. The maximum absolute atomic E-state index is 9.59. The minimum absolute atomic E-state index is 0.242. The minimum Gasteiger partial charge on any atom is -0.507 e. The average molecular weight is 174 g/mol. The van der Waals surface area contributed by atoms with Crippen LogP contribution >= 0.6 is 0 Å². The second-order valence-corrected chi connectivity index (χ2v) is 2.89. The molecule has 3 heteroatoms. The molecular weight excluding hydrogens is 164 g/mol. The van der Waals surface area contributed by atoms with Crippen LogP contribution in [0.3, 0.4) is 0 Å². The normalized spacial score (nSPS) is 10.5. The summed E-state index contributed by atoms with van der Waals surface area (Å²) in [6.07, 6.45) is 1.70. The summed E-state index contributed by atoms with van der Waals surface area (Å²) in [6.45, 7) is 0.417. The van der Waals surface area contributed by atoms with Crippen molar-refractivity contribution in [3.63, 3.8) is 0 Å². The van der Waals surface area contributed by atoms with E-state index < -0.39 is 0 Å². The van der Waals surface area contributed by atoms with Gasteiger partial charge in [0.1, 0.15) is 5.75 Å². The number of rotatable bonds is 1. The summed E-state index contributed by atoms with van der Waals surface area (Å²) in [5, 5.41) is 10.4. The topological polar surface area (TPSA) is 59.1 Å². The fraction of sp³-hybridized carbons (Fsp3) is 0.100. The van der Waals surface area contributed by atoms with Gasteiger partial charge in [0.15, 0.2) is 0 Å². The second-order valence-electron chi connectivity index (χ2n) is 2.89. The number of hydrogen-bond acceptors (Lipinski definition) is 3. The molecule has 0 unspecified atom stereocenters. The number of fused-ring (bicyclic) bond motifs is 1. The Labute approximate surface area is 75.8 Å². The van der Waals surface area contributed by atoms with Crippen molar-refractivity contribution in [2.75, 3.05) is 0 Å². The second kappa shape index (κ2) is 3.03. The van der Waals surface area contributed by atoms with Crippen LogP contribution in [-0.4, -0.2) is 10.1 Å². The molecule has 1 aromatic carbocycles. The van der Waals surface area contributed by atoms with Gasteiger partial charge >= 0.3 is 0 Å². The number of aromatic nitrogens is 1. The number of nitrogens with two attached hydrogens (primary N) is 1. The van der Waals surface area contributed by atoms with Crippen LogP contribution in [0.15, 0.2) is 30.5 Å². The highest BCUT2D eigenvalue weighted by molar-refractivity contribution is 5.85. The summed E-state index contributed by atoms with van der Waals surface area (Å²) < 4.78 is 0. The molecule has 0 saturated carbocycles. The number of benzene rings is 1. The molecule has 0 radical (unpaired) electrons. The van der Waals surface area contributed by atoms with Gasteiger partial charge in [-0.3, -0.25) is 4.98 Å². The van der Waals surface area contributed by atoms with Gasteiger partial charge in [-0.1, -0.05) is 0 Å². The van der Waals surface area contributed by atoms with E-state index in [1.807, 2.05) is 12.1 Å². The molecule has 0 saturated heterocycles. The van der Waals surface area contributed by atoms with Crippen LogP contribution in [0.4, 0.5) is 0 Å². The summed E-state index contributed by atoms with van der Waals surface area (Å²) in [5.41, 5.74) is 7.14. The Morgan fingerprint density at radius 1 is 1.38 bits per heavy atom. The summed E-state index contributed by atoms with van der Waals surface area (Å²) in [6, 6.07) is 7.18. The lowest BCUT2D eigenvalue weighted by Crippen LogP contribution is -1.96. The molecule has 0 amide bonds. The molecule has 0 spiro atoms. The first kappa shape index (κ1) is 8.01. The molecule has 0 aliphatic heterocycles. The third-order valence-electron chi connectivity index (χ3n) is 1.99. The zero-order valence-electron chi connectivity index (χ0n) is 7.07. The van der Waals surface area contributed by atoms with E-state index in [1.165, 1.54) is 0 Å². The molecule has 0 bridgehead atoms. The van der Waals surface area contributed by atoms with E-state index in [9.17, 15) is 5.11 Å².